The number of aliphatic hydroxyl groups is 3. The number of hydrogen-bond donors (Lipinski definition) is 3. The van der Waals surface area contributed by atoms with E-state index in [2.05, 4.69) is 0 Å². The van der Waals surface area contributed by atoms with E-state index in [1.54, 1.807) is 0 Å². The molecule has 6 nitrogen and oxygen atoms in total. The van der Waals surface area contributed by atoms with Crippen molar-refractivity contribution >= 4 is 0 Å². The summed E-state index contributed by atoms with van der Waals surface area (Å²) in [4.78, 5) is 0. The Hall–Kier alpha value is -1.02. The van der Waals surface area contributed by atoms with Gasteiger partial charge in [0.15, 0.2) is 12.6 Å². The van der Waals surface area contributed by atoms with E-state index < -0.39 is 37.0 Å². The quantitative estimate of drug-likeness (QED) is 0.639. The average Bonchev–Trinajstić information content (AvgIpc) is 2.46. The van der Waals surface area contributed by atoms with E-state index in [0.717, 1.165) is 5.56 Å². The zero-order chi connectivity index (χ0) is 13.4. The molecule has 0 spiro atoms. The van der Waals surface area contributed by atoms with Crippen molar-refractivity contribution < 1.29 is 29.5 Å². The molecule has 104 valence electrons. The predicted molar refractivity (Wildman–Crippen MR) is 62.9 cm³/mol. The fourth-order valence-electron chi connectivity index (χ4n) is 2.37. The monoisotopic (exact) mass is 268 g/mol. The molecule has 1 unspecified atom stereocenters. The molecule has 2 aliphatic heterocycles. The van der Waals surface area contributed by atoms with E-state index in [0.29, 0.717) is 0 Å². The first-order valence-corrected chi connectivity index (χ1v) is 6.18. The van der Waals surface area contributed by atoms with Crippen molar-refractivity contribution in [1.29, 1.82) is 0 Å². The summed E-state index contributed by atoms with van der Waals surface area (Å²) < 4.78 is 16.3. The highest BCUT2D eigenvalue weighted by atomic mass is 16.7. The van der Waals surface area contributed by atoms with E-state index in [4.69, 9.17) is 14.2 Å². The molecule has 0 bridgehead atoms. The van der Waals surface area contributed by atoms with Crippen molar-refractivity contribution in [2.45, 2.75) is 37.0 Å². The van der Waals surface area contributed by atoms with Crippen molar-refractivity contribution in [3.05, 3.63) is 35.9 Å². The predicted octanol–water partition coefficient (Wildman–Crippen LogP) is -0.460. The van der Waals surface area contributed by atoms with Crippen LogP contribution in [0.15, 0.2) is 30.3 Å². The van der Waals surface area contributed by atoms with E-state index in [1.807, 2.05) is 30.3 Å². The summed E-state index contributed by atoms with van der Waals surface area (Å²) in [5.74, 6) is 0. The first-order chi connectivity index (χ1) is 9.16. The number of ether oxygens (including phenoxy) is 3. The van der Waals surface area contributed by atoms with Crippen LogP contribution < -0.4 is 0 Å². The molecule has 0 saturated carbocycles. The zero-order valence-corrected chi connectivity index (χ0v) is 10.1. The molecular formula is C13H16O6. The standard InChI is InChI=1S/C13H16O6/c14-9-10(15)12(16)18-8-6-17-13(19-11(8)9)7-4-2-1-3-5-7/h1-5,8-16H,6H2/t8-,9-,10-,11-,12-,13?/m1/s1. The summed E-state index contributed by atoms with van der Waals surface area (Å²) in [6.07, 6.45) is -5.93. The van der Waals surface area contributed by atoms with Gasteiger partial charge >= 0.3 is 0 Å². The minimum Gasteiger partial charge on any atom is -0.387 e. The molecule has 0 aromatic heterocycles. The first-order valence-electron chi connectivity index (χ1n) is 6.18. The fourth-order valence-corrected chi connectivity index (χ4v) is 2.37. The van der Waals surface area contributed by atoms with Gasteiger partial charge in [0.25, 0.3) is 0 Å². The first kappa shape index (κ1) is 13.0. The molecule has 0 aliphatic carbocycles. The molecular weight excluding hydrogens is 252 g/mol. The van der Waals surface area contributed by atoms with E-state index >= 15 is 0 Å². The van der Waals surface area contributed by atoms with Crippen LogP contribution in [-0.4, -0.2) is 52.6 Å². The maximum Gasteiger partial charge on any atom is 0.184 e. The minimum atomic E-state index is -1.42. The molecule has 6 heteroatoms. The van der Waals surface area contributed by atoms with Crippen LogP contribution >= 0.6 is 0 Å². The molecule has 2 fully saturated rings. The second-order valence-electron chi connectivity index (χ2n) is 4.72. The van der Waals surface area contributed by atoms with Gasteiger partial charge in [-0.15, -0.1) is 0 Å². The lowest BCUT2D eigenvalue weighted by atomic mass is 9.98. The van der Waals surface area contributed by atoms with Gasteiger partial charge in [-0.25, -0.2) is 0 Å². The number of hydrogen-bond acceptors (Lipinski definition) is 6. The van der Waals surface area contributed by atoms with Crippen molar-refractivity contribution in [1.82, 2.24) is 0 Å². The highest BCUT2D eigenvalue weighted by molar-refractivity contribution is 5.16. The van der Waals surface area contributed by atoms with Gasteiger partial charge in [0.1, 0.15) is 24.4 Å². The fraction of sp³-hybridized carbons (Fsp3) is 0.538. The Bertz CT molecular complexity index is 422. The smallest absolute Gasteiger partial charge is 0.184 e. The number of benzene rings is 1. The third-order valence-electron chi connectivity index (χ3n) is 3.42. The lowest BCUT2D eigenvalue weighted by Gasteiger charge is -2.45. The second kappa shape index (κ2) is 5.16. The summed E-state index contributed by atoms with van der Waals surface area (Å²) in [7, 11) is 0. The lowest BCUT2D eigenvalue weighted by Crippen LogP contribution is -2.61. The van der Waals surface area contributed by atoms with Gasteiger partial charge in [-0.1, -0.05) is 30.3 Å². The molecule has 0 radical (unpaired) electrons. The third-order valence-corrected chi connectivity index (χ3v) is 3.42. The zero-order valence-electron chi connectivity index (χ0n) is 10.1. The summed E-state index contributed by atoms with van der Waals surface area (Å²) in [6, 6.07) is 9.31. The van der Waals surface area contributed by atoms with Crippen molar-refractivity contribution in [3.8, 4) is 0 Å². The van der Waals surface area contributed by atoms with Crippen LogP contribution in [0.2, 0.25) is 0 Å². The van der Waals surface area contributed by atoms with Gasteiger partial charge < -0.3 is 29.5 Å². The van der Waals surface area contributed by atoms with Gasteiger partial charge in [0, 0.05) is 5.56 Å². The maximum atomic E-state index is 9.94. The van der Waals surface area contributed by atoms with Crippen LogP contribution in [0.1, 0.15) is 11.9 Å². The molecule has 2 heterocycles. The molecule has 1 aromatic carbocycles. The van der Waals surface area contributed by atoms with E-state index in [9.17, 15) is 15.3 Å². The van der Waals surface area contributed by atoms with Crippen LogP contribution in [0.3, 0.4) is 0 Å². The normalized spacial score (nSPS) is 42.7. The van der Waals surface area contributed by atoms with Crippen LogP contribution in [0.25, 0.3) is 0 Å². The van der Waals surface area contributed by atoms with Crippen molar-refractivity contribution in [2.75, 3.05) is 6.61 Å². The highest BCUT2D eigenvalue weighted by Gasteiger charge is 2.48. The molecule has 2 aliphatic rings. The Labute approximate surface area is 110 Å². The highest BCUT2D eigenvalue weighted by Crippen LogP contribution is 2.33. The molecule has 1 aromatic rings. The molecule has 0 amide bonds. The minimum absolute atomic E-state index is 0.186. The Balaban J connectivity index is 1.75. The molecule has 3 N–H and O–H groups in total. The SMILES string of the molecule is O[C@@H]1[C@@H](O)[C@H](O)O[C@@H]2COC(c3ccccc3)O[C@@H]12. The van der Waals surface area contributed by atoms with Gasteiger partial charge in [-0.3, -0.25) is 0 Å². The third kappa shape index (κ3) is 2.38. The molecule has 2 saturated heterocycles. The van der Waals surface area contributed by atoms with Gasteiger partial charge in [-0.05, 0) is 0 Å². The Morgan fingerprint density at radius 2 is 1.68 bits per heavy atom. The summed E-state index contributed by atoms with van der Waals surface area (Å²) in [5, 5.41) is 29.0. The Kier molecular flexibility index (Phi) is 3.53. The van der Waals surface area contributed by atoms with Gasteiger partial charge in [-0.2, -0.15) is 0 Å². The van der Waals surface area contributed by atoms with Crippen molar-refractivity contribution in [3.63, 3.8) is 0 Å². The molecule has 3 rings (SSSR count). The Morgan fingerprint density at radius 3 is 2.42 bits per heavy atom. The number of aliphatic hydroxyl groups excluding tert-OH is 3. The van der Waals surface area contributed by atoms with Crippen LogP contribution in [0.5, 0.6) is 0 Å². The number of fused-ring (bicyclic) bond motifs is 1. The van der Waals surface area contributed by atoms with E-state index in [-0.39, 0.29) is 6.61 Å². The Morgan fingerprint density at radius 1 is 0.947 bits per heavy atom. The van der Waals surface area contributed by atoms with Crippen LogP contribution in [0, 0.1) is 0 Å². The summed E-state index contributed by atoms with van der Waals surface area (Å²) in [5.41, 5.74) is 0.828. The topological polar surface area (TPSA) is 88.4 Å². The second-order valence-corrected chi connectivity index (χ2v) is 4.72. The average molecular weight is 268 g/mol. The van der Waals surface area contributed by atoms with Crippen LogP contribution in [0.4, 0.5) is 0 Å². The summed E-state index contributed by atoms with van der Waals surface area (Å²) in [6.45, 7) is 0.186. The van der Waals surface area contributed by atoms with Crippen molar-refractivity contribution in [2.24, 2.45) is 0 Å². The lowest BCUT2D eigenvalue weighted by molar-refractivity contribution is -0.354. The van der Waals surface area contributed by atoms with Crippen LogP contribution in [-0.2, 0) is 14.2 Å². The number of rotatable bonds is 1. The van der Waals surface area contributed by atoms with Gasteiger partial charge in [0.2, 0.25) is 0 Å². The molecule has 6 atom stereocenters. The maximum absolute atomic E-state index is 9.94. The van der Waals surface area contributed by atoms with E-state index in [1.165, 1.54) is 0 Å². The largest absolute Gasteiger partial charge is 0.387 e. The van der Waals surface area contributed by atoms with Gasteiger partial charge in [0.05, 0.1) is 6.61 Å². The molecule has 19 heavy (non-hydrogen) atoms. The summed E-state index contributed by atoms with van der Waals surface area (Å²) >= 11 is 0.